The SMILES string of the molecule is CN=C(NCC(C)(C)S(C)(=O)=O)N1CCN(c2cc(F)ccc2F)CC1.I. The van der Waals surface area contributed by atoms with Crippen molar-refractivity contribution in [1.82, 2.24) is 10.2 Å². The molecule has 2 rings (SSSR count). The standard InChI is InChI=1S/C17H26F2N4O2S.HI/c1-17(2,26(4,24)25)12-21-16(20-3)23-9-7-22(8-10-23)15-11-13(18)5-6-14(15)19;/h5-6,11H,7-10,12H2,1-4H3,(H,20,21);1H. The second-order valence-electron chi connectivity index (χ2n) is 7.00. The largest absolute Gasteiger partial charge is 0.366 e. The lowest BCUT2D eigenvalue weighted by atomic mass is 10.2. The van der Waals surface area contributed by atoms with Crippen molar-refractivity contribution < 1.29 is 17.2 Å². The minimum absolute atomic E-state index is 0. The van der Waals surface area contributed by atoms with E-state index in [1.165, 1.54) is 12.3 Å². The van der Waals surface area contributed by atoms with E-state index >= 15 is 0 Å². The Balaban J connectivity index is 0.00000364. The highest BCUT2D eigenvalue weighted by atomic mass is 127. The Morgan fingerprint density at radius 1 is 1.22 bits per heavy atom. The van der Waals surface area contributed by atoms with E-state index in [1.54, 1.807) is 25.8 Å². The summed E-state index contributed by atoms with van der Waals surface area (Å²) in [6.45, 7) is 5.70. The van der Waals surface area contributed by atoms with Crippen molar-refractivity contribution in [3.05, 3.63) is 29.8 Å². The number of halogens is 3. The third-order valence-corrected chi connectivity index (χ3v) is 6.87. The number of aliphatic imine (C=N–C) groups is 1. The molecule has 0 aromatic heterocycles. The molecular weight excluding hydrogens is 489 g/mol. The number of piperazine rings is 1. The Kier molecular flexibility index (Phi) is 8.27. The molecule has 1 fully saturated rings. The van der Waals surface area contributed by atoms with E-state index in [9.17, 15) is 17.2 Å². The molecule has 10 heteroatoms. The topological polar surface area (TPSA) is 65.0 Å². The highest BCUT2D eigenvalue weighted by molar-refractivity contribution is 14.0. The molecule has 0 radical (unpaired) electrons. The second kappa shape index (κ2) is 9.35. The van der Waals surface area contributed by atoms with E-state index in [0.717, 1.165) is 12.1 Å². The fourth-order valence-electron chi connectivity index (χ4n) is 2.64. The van der Waals surface area contributed by atoms with Gasteiger partial charge in [-0.1, -0.05) is 0 Å². The molecule has 1 aromatic rings. The molecule has 0 atom stereocenters. The van der Waals surface area contributed by atoms with Crippen LogP contribution in [0.15, 0.2) is 23.2 Å². The van der Waals surface area contributed by atoms with Gasteiger partial charge in [0.15, 0.2) is 15.8 Å². The first-order valence-electron chi connectivity index (χ1n) is 8.40. The number of nitrogens with one attached hydrogen (secondary N) is 1. The molecule has 1 saturated heterocycles. The van der Waals surface area contributed by atoms with Crippen LogP contribution in [0.25, 0.3) is 0 Å². The van der Waals surface area contributed by atoms with Gasteiger partial charge >= 0.3 is 0 Å². The van der Waals surface area contributed by atoms with E-state index < -0.39 is 26.2 Å². The molecule has 0 spiro atoms. The van der Waals surface area contributed by atoms with Crippen LogP contribution in [0.2, 0.25) is 0 Å². The number of benzene rings is 1. The van der Waals surface area contributed by atoms with E-state index in [-0.39, 0.29) is 36.2 Å². The number of sulfone groups is 1. The van der Waals surface area contributed by atoms with Crippen molar-refractivity contribution in [3.8, 4) is 0 Å². The van der Waals surface area contributed by atoms with Crippen molar-refractivity contribution in [2.45, 2.75) is 18.6 Å². The molecule has 0 aliphatic carbocycles. The third-order valence-electron chi connectivity index (χ3n) is 4.72. The van der Waals surface area contributed by atoms with Crippen LogP contribution in [0.5, 0.6) is 0 Å². The summed E-state index contributed by atoms with van der Waals surface area (Å²) in [6.07, 6.45) is 1.21. The monoisotopic (exact) mass is 516 g/mol. The summed E-state index contributed by atoms with van der Waals surface area (Å²) in [6, 6.07) is 3.43. The van der Waals surface area contributed by atoms with Crippen LogP contribution >= 0.6 is 24.0 Å². The zero-order chi connectivity index (χ0) is 19.5. The smallest absolute Gasteiger partial charge is 0.193 e. The Labute approximate surface area is 177 Å². The van der Waals surface area contributed by atoms with Gasteiger partial charge in [0.25, 0.3) is 0 Å². The highest BCUT2D eigenvalue weighted by Gasteiger charge is 2.31. The molecule has 1 heterocycles. The second-order valence-corrected chi connectivity index (χ2v) is 9.65. The number of guanidine groups is 1. The molecule has 1 aliphatic rings. The maximum absolute atomic E-state index is 13.9. The van der Waals surface area contributed by atoms with Gasteiger partial charge in [-0.3, -0.25) is 4.99 Å². The van der Waals surface area contributed by atoms with Gasteiger partial charge in [0.2, 0.25) is 0 Å². The number of rotatable bonds is 4. The van der Waals surface area contributed by atoms with E-state index in [1.807, 2.05) is 4.90 Å². The number of hydrogen-bond donors (Lipinski definition) is 1. The molecule has 0 unspecified atom stereocenters. The zero-order valence-electron chi connectivity index (χ0n) is 16.0. The van der Waals surface area contributed by atoms with Crippen LogP contribution in [-0.4, -0.2) is 70.1 Å². The quantitative estimate of drug-likeness (QED) is 0.378. The number of nitrogens with zero attached hydrogens (tertiary/aromatic N) is 3. The summed E-state index contributed by atoms with van der Waals surface area (Å²) in [5, 5.41) is 3.11. The first-order valence-corrected chi connectivity index (χ1v) is 10.3. The van der Waals surface area contributed by atoms with Gasteiger partial charge in [-0.2, -0.15) is 0 Å². The van der Waals surface area contributed by atoms with Gasteiger partial charge in [-0.05, 0) is 26.0 Å². The van der Waals surface area contributed by atoms with Crippen LogP contribution in [0.3, 0.4) is 0 Å². The molecule has 0 saturated carbocycles. The average Bonchev–Trinajstić information content (AvgIpc) is 2.57. The molecule has 27 heavy (non-hydrogen) atoms. The molecule has 0 amide bonds. The van der Waals surface area contributed by atoms with Crippen molar-refractivity contribution in [2.75, 3.05) is 50.9 Å². The van der Waals surface area contributed by atoms with Crippen LogP contribution in [0.1, 0.15) is 13.8 Å². The molecule has 6 nitrogen and oxygen atoms in total. The van der Waals surface area contributed by atoms with E-state index in [4.69, 9.17) is 0 Å². The van der Waals surface area contributed by atoms with Crippen molar-refractivity contribution >= 4 is 45.5 Å². The van der Waals surface area contributed by atoms with Crippen molar-refractivity contribution in [1.29, 1.82) is 0 Å². The predicted octanol–water partition coefficient (Wildman–Crippen LogP) is 2.10. The van der Waals surface area contributed by atoms with Gasteiger partial charge in [0, 0.05) is 52.1 Å². The summed E-state index contributed by atoms with van der Waals surface area (Å²) < 4.78 is 50.0. The molecule has 154 valence electrons. The Bertz CT molecular complexity index is 779. The minimum atomic E-state index is -3.21. The Morgan fingerprint density at radius 3 is 2.33 bits per heavy atom. The first kappa shape index (κ1) is 23.9. The van der Waals surface area contributed by atoms with E-state index in [0.29, 0.717) is 32.1 Å². The highest BCUT2D eigenvalue weighted by Crippen LogP contribution is 2.22. The van der Waals surface area contributed by atoms with Crippen molar-refractivity contribution in [3.63, 3.8) is 0 Å². The molecule has 0 bridgehead atoms. The molecule has 1 aromatic carbocycles. The lowest BCUT2D eigenvalue weighted by molar-refractivity contribution is 0.368. The number of anilines is 1. The predicted molar refractivity (Wildman–Crippen MR) is 116 cm³/mol. The normalized spacial score (nSPS) is 16.1. The van der Waals surface area contributed by atoms with Gasteiger partial charge in [-0.25, -0.2) is 17.2 Å². The van der Waals surface area contributed by atoms with Gasteiger partial charge < -0.3 is 15.1 Å². The lowest BCUT2D eigenvalue weighted by Crippen LogP contribution is -2.55. The van der Waals surface area contributed by atoms with Crippen LogP contribution in [-0.2, 0) is 9.84 Å². The molecular formula is C17H27F2IN4O2S. The Morgan fingerprint density at radius 2 is 1.81 bits per heavy atom. The zero-order valence-corrected chi connectivity index (χ0v) is 19.1. The van der Waals surface area contributed by atoms with Crippen LogP contribution in [0, 0.1) is 11.6 Å². The van der Waals surface area contributed by atoms with Crippen LogP contribution < -0.4 is 10.2 Å². The maximum atomic E-state index is 13.9. The average molecular weight is 516 g/mol. The summed E-state index contributed by atoms with van der Waals surface area (Å²) >= 11 is 0. The van der Waals surface area contributed by atoms with E-state index in [2.05, 4.69) is 10.3 Å². The van der Waals surface area contributed by atoms with Crippen molar-refractivity contribution in [2.24, 2.45) is 4.99 Å². The lowest BCUT2D eigenvalue weighted by Gasteiger charge is -2.38. The molecule has 1 aliphatic heterocycles. The van der Waals surface area contributed by atoms with Gasteiger partial charge in [-0.15, -0.1) is 24.0 Å². The molecule has 1 N–H and O–H groups in total. The number of hydrogen-bond acceptors (Lipinski definition) is 4. The van der Waals surface area contributed by atoms with Gasteiger partial charge in [0.1, 0.15) is 11.6 Å². The van der Waals surface area contributed by atoms with Gasteiger partial charge in [0.05, 0.1) is 10.4 Å². The fraction of sp³-hybridized carbons (Fsp3) is 0.588. The summed E-state index contributed by atoms with van der Waals surface area (Å²) in [7, 11) is -1.58. The fourth-order valence-corrected chi connectivity index (χ4v) is 2.98. The summed E-state index contributed by atoms with van der Waals surface area (Å²) in [5.41, 5.74) is 0.255. The summed E-state index contributed by atoms with van der Waals surface area (Å²) in [5.74, 6) is -0.317. The maximum Gasteiger partial charge on any atom is 0.193 e. The minimum Gasteiger partial charge on any atom is -0.366 e. The third kappa shape index (κ3) is 5.90. The van der Waals surface area contributed by atoms with Crippen LogP contribution in [0.4, 0.5) is 14.5 Å². The summed E-state index contributed by atoms with van der Waals surface area (Å²) in [4.78, 5) is 7.98. The first-order chi connectivity index (χ1) is 12.0. The Hall–Kier alpha value is -1.17.